The average molecular weight is 188 g/mol. The largest absolute Gasteiger partial charge is 0.305 e. The molecule has 0 saturated carbocycles. The molecule has 0 aliphatic carbocycles. The van der Waals surface area contributed by atoms with Gasteiger partial charge in [-0.05, 0) is 5.56 Å². The van der Waals surface area contributed by atoms with Crippen molar-refractivity contribution in [2.24, 2.45) is 0 Å². The van der Waals surface area contributed by atoms with Crippen LogP contribution in [-0.4, -0.2) is 9.91 Å². The van der Waals surface area contributed by atoms with Crippen LogP contribution < -0.4 is 0 Å². The maximum Gasteiger partial charge on any atom is 0.305 e. The molecule has 0 bridgehead atoms. The van der Waals surface area contributed by atoms with Crippen molar-refractivity contribution >= 4 is 5.69 Å². The van der Waals surface area contributed by atoms with Crippen LogP contribution in [0.1, 0.15) is 11.3 Å². The molecule has 0 aliphatic rings. The van der Waals surface area contributed by atoms with E-state index in [0.717, 1.165) is 0 Å². The number of nitro groups is 1. The number of hydrogen-bond donors (Lipinski definition) is 0. The number of rotatable bonds is 2. The van der Waals surface area contributed by atoms with Gasteiger partial charge in [-0.3, -0.25) is 10.1 Å². The molecular weight excluding hydrogens is 184 g/mol. The summed E-state index contributed by atoms with van der Waals surface area (Å²) in [6, 6.07) is 4.64. The van der Waals surface area contributed by atoms with Crippen LogP contribution in [0.2, 0.25) is 0 Å². The zero-order chi connectivity index (χ0) is 10.6. The Bertz CT molecular complexity index is 455. The van der Waals surface area contributed by atoms with E-state index in [-0.39, 0.29) is 17.8 Å². The zero-order valence-corrected chi connectivity index (χ0v) is 6.97. The first-order valence-corrected chi connectivity index (χ1v) is 3.59. The van der Waals surface area contributed by atoms with Crippen molar-refractivity contribution in [3.05, 3.63) is 33.6 Å². The fourth-order valence-electron chi connectivity index (χ4n) is 0.908. The number of pyridine rings is 1. The molecule has 1 aromatic heterocycles. The molecule has 0 N–H and O–H groups in total. The fourth-order valence-corrected chi connectivity index (χ4v) is 0.908. The lowest BCUT2D eigenvalue weighted by atomic mass is 10.2. The minimum atomic E-state index is -0.688. The fraction of sp³-hybridized carbons (Fsp3) is 0.125. The van der Waals surface area contributed by atoms with E-state index < -0.39 is 4.92 Å². The normalized spacial score (nSPS) is 8.71. The van der Waals surface area contributed by atoms with E-state index in [0.29, 0.717) is 5.56 Å². The first-order valence-electron chi connectivity index (χ1n) is 3.59. The van der Waals surface area contributed by atoms with E-state index in [1.807, 2.05) is 6.07 Å². The molecule has 0 spiro atoms. The van der Waals surface area contributed by atoms with Crippen LogP contribution in [0.25, 0.3) is 0 Å². The Morgan fingerprint density at radius 2 is 2.29 bits per heavy atom. The lowest BCUT2D eigenvalue weighted by Gasteiger charge is -1.95. The lowest BCUT2D eigenvalue weighted by Crippen LogP contribution is -1.97. The lowest BCUT2D eigenvalue weighted by molar-refractivity contribution is -0.385. The number of aromatic nitrogens is 1. The second kappa shape index (κ2) is 3.97. The maximum atomic E-state index is 10.5. The second-order valence-corrected chi connectivity index (χ2v) is 2.42. The van der Waals surface area contributed by atoms with Gasteiger partial charge in [-0.1, -0.05) is 0 Å². The third-order valence-electron chi connectivity index (χ3n) is 1.51. The Kier molecular flexibility index (Phi) is 2.72. The van der Waals surface area contributed by atoms with E-state index >= 15 is 0 Å². The van der Waals surface area contributed by atoms with Gasteiger partial charge in [0, 0.05) is 12.3 Å². The van der Waals surface area contributed by atoms with Crippen molar-refractivity contribution in [1.82, 2.24) is 4.98 Å². The third-order valence-corrected chi connectivity index (χ3v) is 1.51. The standard InChI is InChI=1S/C8H4N4O2/c9-2-1-6-3-8(12(13)14)7(4-10)11-5-6/h3,5H,1H2. The highest BCUT2D eigenvalue weighted by atomic mass is 16.6. The summed E-state index contributed by atoms with van der Waals surface area (Å²) in [5, 5.41) is 27.3. The zero-order valence-electron chi connectivity index (χ0n) is 6.97. The molecule has 6 nitrogen and oxygen atoms in total. The van der Waals surface area contributed by atoms with Crippen LogP contribution in [0.5, 0.6) is 0 Å². The van der Waals surface area contributed by atoms with Crippen LogP contribution in [0, 0.1) is 32.8 Å². The molecule has 6 heteroatoms. The molecular formula is C8H4N4O2. The van der Waals surface area contributed by atoms with Crippen molar-refractivity contribution < 1.29 is 4.92 Å². The molecule has 1 aromatic rings. The van der Waals surface area contributed by atoms with Gasteiger partial charge in [-0.2, -0.15) is 10.5 Å². The molecule has 0 saturated heterocycles. The van der Waals surface area contributed by atoms with Crippen LogP contribution >= 0.6 is 0 Å². The van der Waals surface area contributed by atoms with Crippen LogP contribution in [-0.2, 0) is 6.42 Å². The quantitative estimate of drug-likeness (QED) is 0.507. The van der Waals surface area contributed by atoms with Crippen LogP contribution in [0.4, 0.5) is 5.69 Å². The summed E-state index contributed by atoms with van der Waals surface area (Å²) in [5.41, 5.74) is -0.171. The summed E-state index contributed by atoms with van der Waals surface area (Å²) in [7, 11) is 0. The molecule has 0 amide bonds. The van der Waals surface area contributed by atoms with E-state index in [2.05, 4.69) is 4.98 Å². The summed E-state index contributed by atoms with van der Waals surface area (Å²) in [4.78, 5) is 13.4. The molecule has 0 fully saturated rings. The van der Waals surface area contributed by atoms with Crippen molar-refractivity contribution in [2.45, 2.75) is 6.42 Å². The molecule has 0 unspecified atom stereocenters. The van der Waals surface area contributed by atoms with E-state index in [9.17, 15) is 10.1 Å². The number of hydrogen-bond acceptors (Lipinski definition) is 5. The minimum absolute atomic E-state index is 0.0412. The summed E-state index contributed by atoms with van der Waals surface area (Å²) in [6.07, 6.45) is 1.33. The molecule has 0 atom stereocenters. The molecule has 1 heterocycles. The van der Waals surface area contributed by atoms with E-state index in [1.165, 1.54) is 12.3 Å². The molecule has 1 rings (SSSR count). The number of nitrogens with zero attached hydrogens (tertiary/aromatic N) is 4. The van der Waals surface area contributed by atoms with Gasteiger partial charge in [-0.25, -0.2) is 4.98 Å². The molecule has 14 heavy (non-hydrogen) atoms. The number of nitriles is 2. The average Bonchev–Trinajstić information content (AvgIpc) is 2.18. The molecule has 68 valence electrons. The van der Waals surface area contributed by atoms with Gasteiger partial charge in [0.25, 0.3) is 0 Å². The summed E-state index contributed by atoms with van der Waals surface area (Å²) in [6.45, 7) is 0. The van der Waals surface area contributed by atoms with Crippen LogP contribution in [0.15, 0.2) is 12.3 Å². The van der Waals surface area contributed by atoms with Crippen LogP contribution in [0.3, 0.4) is 0 Å². The van der Waals surface area contributed by atoms with Gasteiger partial charge in [0.2, 0.25) is 5.69 Å². The molecule has 0 radical (unpaired) electrons. The Hall–Kier alpha value is -2.47. The highest BCUT2D eigenvalue weighted by Crippen LogP contribution is 2.16. The van der Waals surface area contributed by atoms with Gasteiger partial charge >= 0.3 is 5.69 Å². The van der Waals surface area contributed by atoms with Gasteiger partial charge in [0.1, 0.15) is 6.07 Å². The highest BCUT2D eigenvalue weighted by Gasteiger charge is 2.15. The van der Waals surface area contributed by atoms with Crippen molar-refractivity contribution in [3.63, 3.8) is 0 Å². The maximum absolute atomic E-state index is 10.5. The van der Waals surface area contributed by atoms with Gasteiger partial charge in [0.15, 0.2) is 0 Å². The first-order chi connectivity index (χ1) is 6.69. The first kappa shape index (κ1) is 9.62. The minimum Gasteiger partial charge on any atom is -0.258 e. The van der Waals surface area contributed by atoms with E-state index in [4.69, 9.17) is 10.5 Å². The SMILES string of the molecule is N#CCc1cnc(C#N)c([N+](=O)[O-])c1. The van der Waals surface area contributed by atoms with Gasteiger partial charge < -0.3 is 0 Å². The predicted molar refractivity (Wildman–Crippen MR) is 44.9 cm³/mol. The third kappa shape index (κ3) is 1.82. The Labute approximate surface area is 79.2 Å². The monoisotopic (exact) mass is 188 g/mol. The predicted octanol–water partition coefficient (Wildman–Crippen LogP) is 0.928. The smallest absolute Gasteiger partial charge is 0.258 e. The Morgan fingerprint density at radius 1 is 1.57 bits per heavy atom. The Balaban J connectivity index is 3.24. The highest BCUT2D eigenvalue weighted by molar-refractivity contribution is 5.45. The van der Waals surface area contributed by atoms with Gasteiger partial charge in [0.05, 0.1) is 17.4 Å². The van der Waals surface area contributed by atoms with Gasteiger partial charge in [-0.15, -0.1) is 0 Å². The van der Waals surface area contributed by atoms with E-state index in [1.54, 1.807) is 6.07 Å². The summed E-state index contributed by atoms with van der Waals surface area (Å²) >= 11 is 0. The topological polar surface area (TPSA) is 104 Å². The molecule has 0 aromatic carbocycles. The van der Waals surface area contributed by atoms with Crippen molar-refractivity contribution in [2.75, 3.05) is 0 Å². The summed E-state index contributed by atoms with van der Waals surface area (Å²) in [5.74, 6) is 0. The van der Waals surface area contributed by atoms with Crippen molar-refractivity contribution in [1.29, 1.82) is 10.5 Å². The molecule has 0 aliphatic heterocycles. The Morgan fingerprint density at radius 3 is 2.79 bits per heavy atom. The summed E-state index contributed by atoms with van der Waals surface area (Å²) < 4.78 is 0. The van der Waals surface area contributed by atoms with Crippen molar-refractivity contribution in [3.8, 4) is 12.1 Å². The second-order valence-electron chi connectivity index (χ2n) is 2.42.